The van der Waals surface area contributed by atoms with Crippen LogP contribution in [-0.4, -0.2) is 0 Å². The van der Waals surface area contributed by atoms with E-state index in [-0.39, 0.29) is 0 Å². The van der Waals surface area contributed by atoms with Gasteiger partial charge in [0.25, 0.3) is 0 Å². The van der Waals surface area contributed by atoms with Crippen molar-refractivity contribution in [1.29, 1.82) is 0 Å². The normalized spacial score (nSPS) is 22.0. The highest BCUT2D eigenvalue weighted by atomic mass is 14.0. The zero-order valence-corrected chi connectivity index (χ0v) is 21.6. The molecule has 0 heteroatoms. The molecule has 0 saturated heterocycles. The van der Waals surface area contributed by atoms with Crippen LogP contribution in [0.15, 0.2) is 48.6 Å². The minimum Gasteiger partial charge on any atom is -0.0885 e. The van der Waals surface area contributed by atoms with E-state index in [0.29, 0.717) is 0 Å². The Bertz CT molecular complexity index is 336. The number of allylic oxidation sites excluding steroid dienone is 8. The second-order valence-electron chi connectivity index (χ2n) is 9.85. The van der Waals surface area contributed by atoms with Crippen molar-refractivity contribution in [2.75, 3.05) is 0 Å². The van der Waals surface area contributed by atoms with Crippen molar-refractivity contribution in [3.63, 3.8) is 0 Å². The standard InChI is InChI=1S/C32H56/c1-2-4-6-8-10-12-14-16-18-20-22-24-26-28-30-32-31-29-27-25-23-21-19-17-15-13-11-9-7-5-3-1/h1-2,15-18,31-32H,3-14,19-30H2. The molecule has 0 aromatic carbocycles. The van der Waals surface area contributed by atoms with Gasteiger partial charge in [0, 0.05) is 0 Å². The summed E-state index contributed by atoms with van der Waals surface area (Å²) < 4.78 is 0. The molecule has 0 fully saturated rings. The van der Waals surface area contributed by atoms with Gasteiger partial charge in [-0.05, 0) is 103 Å². The Hall–Kier alpha value is -1.04. The number of rotatable bonds is 0. The SMILES string of the molecule is C1=CCCCCCCC=CCCCCCCC=CCCCCCCC=CCCCCCC1. The summed E-state index contributed by atoms with van der Waals surface area (Å²) >= 11 is 0. The first-order valence-corrected chi connectivity index (χ1v) is 14.6. The molecule has 0 aliphatic heterocycles. The lowest BCUT2D eigenvalue weighted by atomic mass is 10.1. The summed E-state index contributed by atoms with van der Waals surface area (Å²) in [6, 6.07) is 0. The van der Waals surface area contributed by atoms with Crippen LogP contribution in [-0.2, 0) is 0 Å². The molecule has 0 heterocycles. The van der Waals surface area contributed by atoms with Gasteiger partial charge in [-0.3, -0.25) is 0 Å². The molecule has 0 bridgehead atoms. The van der Waals surface area contributed by atoms with Crippen LogP contribution in [0.4, 0.5) is 0 Å². The molecule has 1 rings (SSSR count). The quantitative estimate of drug-likeness (QED) is 0.328. The molecule has 0 unspecified atom stereocenters. The van der Waals surface area contributed by atoms with E-state index in [1.165, 1.54) is 154 Å². The predicted molar refractivity (Wildman–Crippen MR) is 147 cm³/mol. The Morgan fingerprint density at radius 2 is 0.281 bits per heavy atom. The molecule has 0 aromatic heterocycles. The zero-order valence-electron chi connectivity index (χ0n) is 21.6. The van der Waals surface area contributed by atoms with Gasteiger partial charge in [-0.15, -0.1) is 0 Å². The van der Waals surface area contributed by atoms with Crippen LogP contribution in [0.5, 0.6) is 0 Å². The van der Waals surface area contributed by atoms with E-state index in [4.69, 9.17) is 0 Å². The molecule has 0 spiro atoms. The molecule has 0 amide bonds. The fourth-order valence-corrected chi connectivity index (χ4v) is 4.45. The van der Waals surface area contributed by atoms with E-state index in [0.717, 1.165) is 0 Å². The Labute approximate surface area is 202 Å². The molecule has 0 saturated carbocycles. The predicted octanol–water partition coefficient (Wildman–Crippen LogP) is 11.6. The third-order valence-corrected chi connectivity index (χ3v) is 6.63. The summed E-state index contributed by atoms with van der Waals surface area (Å²) in [5.74, 6) is 0. The van der Waals surface area contributed by atoms with Crippen molar-refractivity contribution in [3.8, 4) is 0 Å². The fraction of sp³-hybridized carbons (Fsp3) is 0.750. The summed E-state index contributed by atoms with van der Waals surface area (Å²) in [5, 5.41) is 0. The Morgan fingerprint density at radius 1 is 0.156 bits per heavy atom. The smallest absolute Gasteiger partial charge is 0.0351 e. The number of hydrogen-bond donors (Lipinski definition) is 0. The minimum atomic E-state index is 1.29. The largest absolute Gasteiger partial charge is 0.0885 e. The Kier molecular flexibility index (Phi) is 23.8. The van der Waals surface area contributed by atoms with Gasteiger partial charge < -0.3 is 0 Å². The molecule has 1 aliphatic carbocycles. The van der Waals surface area contributed by atoms with E-state index in [1.54, 1.807) is 0 Å². The summed E-state index contributed by atoms with van der Waals surface area (Å²) in [5.41, 5.74) is 0. The average Bonchev–Trinajstić information content (AvgIpc) is 2.80. The van der Waals surface area contributed by atoms with Gasteiger partial charge in [-0.2, -0.15) is 0 Å². The molecule has 32 heavy (non-hydrogen) atoms. The summed E-state index contributed by atoms with van der Waals surface area (Å²) in [6.45, 7) is 0. The molecule has 0 nitrogen and oxygen atoms in total. The lowest BCUT2D eigenvalue weighted by Crippen LogP contribution is -1.80. The Morgan fingerprint density at radius 3 is 0.406 bits per heavy atom. The lowest BCUT2D eigenvalue weighted by molar-refractivity contribution is 0.638. The summed E-state index contributed by atoms with van der Waals surface area (Å²) in [6.07, 6.45) is 52.0. The van der Waals surface area contributed by atoms with Crippen LogP contribution in [0, 0.1) is 0 Å². The monoisotopic (exact) mass is 440 g/mol. The van der Waals surface area contributed by atoms with Crippen molar-refractivity contribution in [2.24, 2.45) is 0 Å². The van der Waals surface area contributed by atoms with Gasteiger partial charge in [-0.25, -0.2) is 0 Å². The van der Waals surface area contributed by atoms with Gasteiger partial charge in [0.2, 0.25) is 0 Å². The third-order valence-electron chi connectivity index (χ3n) is 6.63. The van der Waals surface area contributed by atoms with E-state index in [2.05, 4.69) is 48.6 Å². The summed E-state index contributed by atoms with van der Waals surface area (Å²) in [4.78, 5) is 0. The van der Waals surface area contributed by atoms with Gasteiger partial charge in [0.05, 0.1) is 0 Å². The molecule has 0 aromatic rings. The summed E-state index contributed by atoms with van der Waals surface area (Å²) in [7, 11) is 0. The molecule has 184 valence electrons. The van der Waals surface area contributed by atoms with Gasteiger partial charge in [-0.1, -0.05) is 100.0 Å². The average molecular weight is 441 g/mol. The molecule has 1 aliphatic rings. The highest BCUT2D eigenvalue weighted by Gasteiger charge is 1.92. The maximum atomic E-state index is 2.43. The van der Waals surface area contributed by atoms with Gasteiger partial charge in [0.15, 0.2) is 0 Å². The van der Waals surface area contributed by atoms with Crippen LogP contribution in [0.25, 0.3) is 0 Å². The highest BCUT2D eigenvalue weighted by molar-refractivity contribution is 4.84. The van der Waals surface area contributed by atoms with Crippen molar-refractivity contribution in [2.45, 2.75) is 154 Å². The number of hydrogen-bond acceptors (Lipinski definition) is 0. The maximum absolute atomic E-state index is 2.43. The van der Waals surface area contributed by atoms with E-state index in [9.17, 15) is 0 Å². The van der Waals surface area contributed by atoms with E-state index >= 15 is 0 Å². The highest BCUT2D eigenvalue weighted by Crippen LogP contribution is 2.12. The maximum Gasteiger partial charge on any atom is -0.0351 e. The van der Waals surface area contributed by atoms with Crippen LogP contribution in [0.1, 0.15) is 154 Å². The molecule has 0 N–H and O–H groups in total. The molecular formula is C32H56. The van der Waals surface area contributed by atoms with Crippen molar-refractivity contribution >= 4 is 0 Å². The van der Waals surface area contributed by atoms with Crippen LogP contribution in [0.2, 0.25) is 0 Å². The second-order valence-corrected chi connectivity index (χ2v) is 9.85. The van der Waals surface area contributed by atoms with Crippen molar-refractivity contribution < 1.29 is 0 Å². The van der Waals surface area contributed by atoms with E-state index in [1.807, 2.05) is 0 Å². The lowest BCUT2D eigenvalue weighted by Gasteiger charge is -2.00. The first kappa shape index (κ1) is 29.0. The van der Waals surface area contributed by atoms with Gasteiger partial charge >= 0.3 is 0 Å². The topological polar surface area (TPSA) is 0 Å². The van der Waals surface area contributed by atoms with Gasteiger partial charge in [0.1, 0.15) is 0 Å². The molecular weight excluding hydrogens is 384 g/mol. The third kappa shape index (κ3) is 23.6. The van der Waals surface area contributed by atoms with E-state index < -0.39 is 0 Å². The van der Waals surface area contributed by atoms with Crippen LogP contribution < -0.4 is 0 Å². The first-order valence-electron chi connectivity index (χ1n) is 14.6. The second kappa shape index (κ2) is 26.2. The first-order chi connectivity index (χ1) is 16.0. The molecule has 0 atom stereocenters. The fourth-order valence-electron chi connectivity index (χ4n) is 4.45. The minimum absolute atomic E-state index is 1.29. The Balaban J connectivity index is 2.13. The van der Waals surface area contributed by atoms with Crippen LogP contribution in [0.3, 0.4) is 0 Å². The molecule has 0 radical (unpaired) electrons. The van der Waals surface area contributed by atoms with Crippen molar-refractivity contribution in [1.82, 2.24) is 0 Å². The zero-order chi connectivity index (χ0) is 22.6. The van der Waals surface area contributed by atoms with Crippen molar-refractivity contribution in [3.05, 3.63) is 48.6 Å². The van der Waals surface area contributed by atoms with Crippen LogP contribution >= 0.6 is 0 Å².